The first-order valence-electron chi connectivity index (χ1n) is 11.6. The maximum Gasteiger partial charge on any atom is 0.255 e. The lowest BCUT2D eigenvalue weighted by Crippen LogP contribution is -2.36. The number of carbonyl (C=O) groups is 1. The van der Waals surface area contributed by atoms with Gasteiger partial charge >= 0.3 is 0 Å². The van der Waals surface area contributed by atoms with Crippen molar-refractivity contribution < 1.29 is 17.9 Å². The largest absolute Gasteiger partial charge is 0.494 e. The lowest BCUT2D eigenvalue weighted by molar-refractivity contribution is 0.102. The monoisotopic (exact) mass is 478 g/mol. The number of ether oxygens (including phenoxy) is 1. The van der Waals surface area contributed by atoms with Gasteiger partial charge in [0.05, 0.1) is 11.5 Å². The molecule has 0 radical (unpaired) electrons. The summed E-state index contributed by atoms with van der Waals surface area (Å²) in [6.07, 6.45) is 2.69. The average molecular weight is 479 g/mol. The molecule has 0 saturated carbocycles. The zero-order chi connectivity index (χ0) is 24.1. The zero-order valence-corrected chi connectivity index (χ0v) is 20.4. The Morgan fingerprint density at radius 1 is 1.00 bits per heavy atom. The Balaban J connectivity index is 1.44. The molecule has 6 nitrogen and oxygen atoms in total. The molecule has 1 heterocycles. The molecule has 0 atom stereocenters. The number of rotatable bonds is 8. The number of anilines is 1. The van der Waals surface area contributed by atoms with Crippen LogP contribution in [-0.4, -0.2) is 31.8 Å². The third-order valence-electron chi connectivity index (χ3n) is 5.98. The van der Waals surface area contributed by atoms with Gasteiger partial charge in [-0.2, -0.15) is 4.31 Å². The Morgan fingerprint density at radius 2 is 1.74 bits per heavy atom. The van der Waals surface area contributed by atoms with Crippen molar-refractivity contribution in [1.82, 2.24) is 4.31 Å². The standard InChI is InChI=1S/C27H30N2O4S/c1-3-4-17-33-25-11-8-22(9-12-25)27(30)28-24-10-7-21-15-16-29(19-23(21)18-24)34(31,32)26-13-5-20(2)6-14-26/h5-14,18H,3-4,15-17,19H2,1-2H3,(H,28,30). The van der Waals surface area contributed by atoms with Crippen LogP contribution in [0.2, 0.25) is 0 Å². The highest BCUT2D eigenvalue weighted by atomic mass is 32.2. The molecule has 0 aromatic heterocycles. The van der Waals surface area contributed by atoms with Crippen molar-refractivity contribution in [1.29, 1.82) is 0 Å². The van der Waals surface area contributed by atoms with Gasteiger partial charge in [-0.25, -0.2) is 8.42 Å². The fourth-order valence-electron chi connectivity index (χ4n) is 3.91. The first-order valence-corrected chi connectivity index (χ1v) is 13.0. The van der Waals surface area contributed by atoms with Gasteiger partial charge in [0.2, 0.25) is 10.0 Å². The first kappa shape index (κ1) is 24.0. The van der Waals surface area contributed by atoms with E-state index in [-0.39, 0.29) is 12.5 Å². The summed E-state index contributed by atoms with van der Waals surface area (Å²) in [5.74, 6) is 0.522. The maximum absolute atomic E-state index is 13.1. The number of aryl methyl sites for hydroxylation is 1. The van der Waals surface area contributed by atoms with E-state index in [0.29, 0.717) is 35.7 Å². The molecule has 0 spiro atoms. The lowest BCUT2D eigenvalue weighted by Gasteiger charge is -2.28. The number of fused-ring (bicyclic) bond motifs is 1. The number of sulfonamides is 1. The Morgan fingerprint density at radius 3 is 2.44 bits per heavy atom. The lowest BCUT2D eigenvalue weighted by atomic mass is 10.0. The van der Waals surface area contributed by atoms with Crippen molar-refractivity contribution in [3.8, 4) is 5.75 Å². The van der Waals surface area contributed by atoms with Gasteiger partial charge in [0.25, 0.3) is 5.91 Å². The topological polar surface area (TPSA) is 75.7 Å². The van der Waals surface area contributed by atoms with E-state index in [1.165, 1.54) is 4.31 Å². The van der Waals surface area contributed by atoms with Gasteiger partial charge in [-0.15, -0.1) is 0 Å². The summed E-state index contributed by atoms with van der Waals surface area (Å²) in [5.41, 5.74) is 4.19. The number of benzene rings is 3. The zero-order valence-electron chi connectivity index (χ0n) is 19.6. The van der Waals surface area contributed by atoms with Crippen LogP contribution in [-0.2, 0) is 23.0 Å². The van der Waals surface area contributed by atoms with E-state index in [4.69, 9.17) is 4.74 Å². The summed E-state index contributed by atoms with van der Waals surface area (Å²) < 4.78 is 33.4. The second kappa shape index (κ2) is 10.4. The van der Waals surface area contributed by atoms with E-state index in [1.807, 2.05) is 37.3 Å². The number of carbonyl (C=O) groups excluding carboxylic acids is 1. The number of unbranched alkanes of at least 4 members (excludes halogenated alkanes) is 1. The van der Waals surface area contributed by atoms with Crippen LogP contribution in [0.4, 0.5) is 5.69 Å². The van der Waals surface area contributed by atoms with Crippen molar-refractivity contribution in [2.75, 3.05) is 18.5 Å². The molecule has 0 bridgehead atoms. The van der Waals surface area contributed by atoms with E-state index in [2.05, 4.69) is 12.2 Å². The SMILES string of the molecule is CCCCOc1ccc(C(=O)Nc2ccc3c(c2)CN(S(=O)(=O)c2ccc(C)cc2)CC3)cc1. The highest BCUT2D eigenvalue weighted by Gasteiger charge is 2.28. The van der Waals surface area contributed by atoms with Crippen LogP contribution >= 0.6 is 0 Å². The molecule has 1 aliphatic rings. The Hall–Kier alpha value is -3.16. The van der Waals surface area contributed by atoms with E-state index in [0.717, 1.165) is 35.3 Å². The molecule has 0 aliphatic carbocycles. The molecule has 1 N–H and O–H groups in total. The molecular weight excluding hydrogens is 448 g/mol. The van der Waals surface area contributed by atoms with Crippen molar-refractivity contribution in [3.05, 3.63) is 89.0 Å². The third-order valence-corrected chi connectivity index (χ3v) is 7.84. The molecule has 0 saturated heterocycles. The molecule has 3 aromatic carbocycles. The molecule has 178 valence electrons. The third kappa shape index (κ3) is 5.48. The number of amides is 1. The van der Waals surface area contributed by atoms with Crippen molar-refractivity contribution in [2.24, 2.45) is 0 Å². The highest BCUT2D eigenvalue weighted by Crippen LogP contribution is 2.27. The molecule has 0 fully saturated rings. The number of nitrogens with one attached hydrogen (secondary N) is 1. The number of hydrogen-bond acceptors (Lipinski definition) is 4. The van der Waals surface area contributed by atoms with E-state index in [9.17, 15) is 13.2 Å². The molecule has 7 heteroatoms. The van der Waals surface area contributed by atoms with Gasteiger partial charge in [-0.05, 0) is 79.4 Å². The maximum atomic E-state index is 13.1. The van der Waals surface area contributed by atoms with Gasteiger partial charge in [0.15, 0.2) is 0 Å². The second-order valence-corrected chi connectivity index (χ2v) is 10.5. The predicted molar refractivity (Wildman–Crippen MR) is 134 cm³/mol. The van der Waals surface area contributed by atoms with Crippen molar-refractivity contribution in [2.45, 2.75) is 44.6 Å². The summed E-state index contributed by atoms with van der Waals surface area (Å²) in [6.45, 7) is 5.41. The average Bonchev–Trinajstić information content (AvgIpc) is 2.84. The molecule has 1 amide bonds. The second-order valence-electron chi connectivity index (χ2n) is 8.57. The fraction of sp³-hybridized carbons (Fsp3) is 0.296. The summed E-state index contributed by atoms with van der Waals surface area (Å²) in [4.78, 5) is 13.0. The van der Waals surface area contributed by atoms with Gasteiger partial charge < -0.3 is 10.1 Å². The predicted octanol–water partition coefficient (Wildman–Crippen LogP) is 5.17. The van der Waals surface area contributed by atoms with E-state index in [1.54, 1.807) is 36.4 Å². The minimum Gasteiger partial charge on any atom is -0.494 e. The summed E-state index contributed by atoms with van der Waals surface area (Å²) in [7, 11) is -3.58. The van der Waals surface area contributed by atoms with Crippen LogP contribution < -0.4 is 10.1 Å². The smallest absolute Gasteiger partial charge is 0.255 e. The fourth-order valence-corrected chi connectivity index (χ4v) is 5.33. The summed E-state index contributed by atoms with van der Waals surface area (Å²) in [5, 5.41) is 2.92. The molecule has 1 aliphatic heterocycles. The molecule has 4 rings (SSSR count). The minimum atomic E-state index is -3.58. The van der Waals surface area contributed by atoms with Crippen molar-refractivity contribution in [3.63, 3.8) is 0 Å². The van der Waals surface area contributed by atoms with Crippen LogP contribution in [0, 0.1) is 6.92 Å². The van der Waals surface area contributed by atoms with E-state index < -0.39 is 10.0 Å². The molecule has 0 unspecified atom stereocenters. The normalized spacial score (nSPS) is 13.8. The van der Waals surface area contributed by atoms with Crippen LogP contribution in [0.25, 0.3) is 0 Å². The number of hydrogen-bond donors (Lipinski definition) is 1. The molecule has 34 heavy (non-hydrogen) atoms. The summed E-state index contributed by atoms with van der Waals surface area (Å²) >= 11 is 0. The Bertz CT molecular complexity index is 1250. The number of nitrogens with zero attached hydrogens (tertiary/aromatic N) is 1. The van der Waals surface area contributed by atoms with Crippen LogP contribution in [0.1, 0.15) is 46.8 Å². The van der Waals surface area contributed by atoms with Gasteiger partial charge in [-0.1, -0.05) is 37.1 Å². The Kier molecular flexibility index (Phi) is 7.34. The van der Waals surface area contributed by atoms with Crippen LogP contribution in [0.15, 0.2) is 71.6 Å². The van der Waals surface area contributed by atoms with Crippen molar-refractivity contribution >= 4 is 21.6 Å². The first-order chi connectivity index (χ1) is 16.4. The van der Waals surface area contributed by atoms with Gasteiger partial charge in [0.1, 0.15) is 5.75 Å². The van der Waals surface area contributed by atoms with Gasteiger partial charge in [-0.3, -0.25) is 4.79 Å². The molecule has 3 aromatic rings. The molecular formula is C27H30N2O4S. The summed E-state index contributed by atoms with van der Waals surface area (Å²) in [6, 6.07) is 19.7. The highest BCUT2D eigenvalue weighted by molar-refractivity contribution is 7.89. The van der Waals surface area contributed by atoms with Crippen LogP contribution in [0.5, 0.6) is 5.75 Å². The minimum absolute atomic E-state index is 0.222. The van der Waals surface area contributed by atoms with E-state index >= 15 is 0 Å². The Labute approximate surface area is 201 Å². The quantitative estimate of drug-likeness (QED) is 0.453. The van der Waals surface area contributed by atoms with Crippen LogP contribution in [0.3, 0.4) is 0 Å². The van der Waals surface area contributed by atoms with Gasteiger partial charge in [0, 0.05) is 24.3 Å².